The van der Waals surface area contributed by atoms with E-state index in [-0.39, 0.29) is 11.4 Å². The molecule has 1 unspecified atom stereocenters. The average molecular weight is 335 g/mol. The third-order valence-electron chi connectivity index (χ3n) is 4.87. The van der Waals surface area contributed by atoms with Gasteiger partial charge in [0.05, 0.1) is 19.1 Å². The highest BCUT2D eigenvalue weighted by molar-refractivity contribution is 5.78. The third kappa shape index (κ3) is 4.75. The largest absolute Gasteiger partial charge is 0.496 e. The van der Waals surface area contributed by atoms with Gasteiger partial charge in [-0.15, -0.1) is 0 Å². The molecule has 1 atom stereocenters. The number of ether oxygens (including phenoxy) is 2. The van der Waals surface area contributed by atoms with Crippen LogP contribution in [-0.2, 0) is 16.0 Å². The Kier molecular flexibility index (Phi) is 7.31. The van der Waals surface area contributed by atoms with Crippen molar-refractivity contribution in [2.45, 2.75) is 60.8 Å². The Labute approximate surface area is 147 Å². The van der Waals surface area contributed by atoms with Gasteiger partial charge in [-0.2, -0.15) is 0 Å². The third-order valence-corrected chi connectivity index (χ3v) is 4.87. The molecule has 0 aromatic heterocycles. The van der Waals surface area contributed by atoms with Crippen LogP contribution in [0.25, 0.3) is 0 Å². The van der Waals surface area contributed by atoms with E-state index in [1.54, 1.807) is 7.11 Å². The van der Waals surface area contributed by atoms with Crippen LogP contribution >= 0.6 is 0 Å². The van der Waals surface area contributed by atoms with Crippen LogP contribution in [0.3, 0.4) is 0 Å². The number of esters is 1. The van der Waals surface area contributed by atoms with Gasteiger partial charge in [0.1, 0.15) is 5.75 Å². The Morgan fingerprint density at radius 2 is 1.79 bits per heavy atom. The van der Waals surface area contributed by atoms with Gasteiger partial charge in [-0.1, -0.05) is 52.8 Å². The molecule has 0 saturated heterocycles. The van der Waals surface area contributed by atoms with E-state index in [1.807, 2.05) is 25.1 Å². The van der Waals surface area contributed by atoms with Crippen LogP contribution in [0.1, 0.15) is 59.9 Å². The van der Waals surface area contributed by atoms with Gasteiger partial charge in [-0.3, -0.25) is 4.79 Å². The van der Waals surface area contributed by atoms with Crippen molar-refractivity contribution in [2.24, 2.45) is 16.7 Å². The summed E-state index contributed by atoms with van der Waals surface area (Å²) in [6, 6.07) is 8.04. The number of benzene rings is 1. The summed E-state index contributed by atoms with van der Waals surface area (Å²) in [5.41, 5.74) is 0.463. The lowest BCUT2D eigenvalue weighted by Gasteiger charge is -2.44. The number of aryl methyl sites for hydroxylation is 1. The number of para-hydroxylation sites is 1. The molecule has 0 aliphatic carbocycles. The molecule has 0 heterocycles. The monoisotopic (exact) mass is 334 g/mol. The van der Waals surface area contributed by atoms with E-state index in [2.05, 4.69) is 40.7 Å². The SMILES string of the molecule is CCOC(=O)C(CCc1ccccc1OC)(CC(C)C)C(C)(C)C. The number of carbonyl (C=O) groups excluding carboxylic acids is 1. The molecule has 1 rings (SSSR count). The fraction of sp³-hybridized carbons (Fsp3) is 0.667. The van der Waals surface area contributed by atoms with Crippen LogP contribution in [0, 0.1) is 16.7 Å². The van der Waals surface area contributed by atoms with Gasteiger partial charge in [0.2, 0.25) is 0 Å². The fourth-order valence-corrected chi connectivity index (χ4v) is 3.50. The summed E-state index contributed by atoms with van der Waals surface area (Å²) in [4.78, 5) is 13.0. The minimum atomic E-state index is -0.502. The predicted molar refractivity (Wildman–Crippen MR) is 99.3 cm³/mol. The van der Waals surface area contributed by atoms with Gasteiger partial charge in [0.15, 0.2) is 0 Å². The molecule has 136 valence electrons. The van der Waals surface area contributed by atoms with Crippen LogP contribution in [0.2, 0.25) is 0 Å². The molecule has 1 aromatic rings. The highest BCUT2D eigenvalue weighted by Gasteiger charge is 2.49. The van der Waals surface area contributed by atoms with Gasteiger partial charge in [-0.25, -0.2) is 0 Å². The number of rotatable bonds is 8. The first kappa shape index (κ1) is 20.5. The summed E-state index contributed by atoms with van der Waals surface area (Å²) in [6.45, 7) is 13.1. The molecule has 0 aliphatic heterocycles. The predicted octanol–water partition coefficient (Wildman–Crippen LogP) is 5.27. The van der Waals surface area contributed by atoms with Crippen LogP contribution in [-0.4, -0.2) is 19.7 Å². The Bertz CT molecular complexity index is 528. The minimum Gasteiger partial charge on any atom is -0.496 e. The lowest BCUT2D eigenvalue weighted by atomic mass is 9.60. The van der Waals surface area contributed by atoms with Crippen molar-refractivity contribution >= 4 is 5.97 Å². The Balaban J connectivity index is 3.18. The summed E-state index contributed by atoms with van der Waals surface area (Å²) in [5, 5.41) is 0. The van der Waals surface area contributed by atoms with E-state index in [0.29, 0.717) is 12.5 Å². The number of methoxy groups -OCH3 is 1. The smallest absolute Gasteiger partial charge is 0.312 e. The van der Waals surface area contributed by atoms with Crippen molar-refractivity contribution in [1.82, 2.24) is 0 Å². The highest BCUT2D eigenvalue weighted by Crippen LogP contribution is 2.48. The summed E-state index contributed by atoms with van der Waals surface area (Å²) >= 11 is 0. The van der Waals surface area contributed by atoms with E-state index in [0.717, 1.165) is 30.6 Å². The maximum absolute atomic E-state index is 13.0. The molecule has 0 saturated carbocycles. The van der Waals surface area contributed by atoms with Crippen molar-refractivity contribution < 1.29 is 14.3 Å². The molecule has 24 heavy (non-hydrogen) atoms. The maximum atomic E-state index is 13.0. The normalized spacial score (nSPS) is 14.3. The van der Waals surface area contributed by atoms with Gasteiger partial charge in [-0.05, 0) is 49.1 Å². The second-order valence-electron chi connectivity index (χ2n) is 7.96. The Morgan fingerprint density at radius 1 is 1.17 bits per heavy atom. The number of hydrogen-bond donors (Lipinski definition) is 0. The summed E-state index contributed by atoms with van der Waals surface area (Å²) < 4.78 is 11.0. The van der Waals surface area contributed by atoms with Crippen molar-refractivity contribution in [2.75, 3.05) is 13.7 Å². The molecule has 3 heteroatoms. The molecule has 0 fully saturated rings. The van der Waals surface area contributed by atoms with Crippen molar-refractivity contribution in [3.63, 3.8) is 0 Å². The highest BCUT2D eigenvalue weighted by atomic mass is 16.5. The van der Waals surface area contributed by atoms with Crippen LogP contribution in [0.4, 0.5) is 0 Å². The van der Waals surface area contributed by atoms with Gasteiger partial charge >= 0.3 is 5.97 Å². The number of carbonyl (C=O) groups is 1. The van der Waals surface area contributed by atoms with Gasteiger partial charge < -0.3 is 9.47 Å². The molecule has 1 aromatic carbocycles. The molecule has 0 bridgehead atoms. The molecule has 0 amide bonds. The molecular weight excluding hydrogens is 300 g/mol. The van der Waals surface area contributed by atoms with E-state index in [4.69, 9.17) is 9.47 Å². The van der Waals surface area contributed by atoms with E-state index in [9.17, 15) is 4.79 Å². The molecular formula is C21H34O3. The summed E-state index contributed by atoms with van der Waals surface area (Å²) in [5.74, 6) is 1.24. The lowest BCUT2D eigenvalue weighted by Crippen LogP contribution is -2.45. The molecule has 0 N–H and O–H groups in total. The zero-order chi connectivity index (χ0) is 18.4. The molecule has 0 spiro atoms. The number of hydrogen-bond acceptors (Lipinski definition) is 3. The standard InChI is InChI=1S/C21H34O3/c1-8-24-19(22)21(15-16(2)3,20(4,5)6)14-13-17-11-9-10-12-18(17)23-7/h9-12,16H,8,13-15H2,1-7H3. The topological polar surface area (TPSA) is 35.5 Å². The Morgan fingerprint density at radius 3 is 2.29 bits per heavy atom. The first-order valence-electron chi connectivity index (χ1n) is 8.97. The second-order valence-corrected chi connectivity index (χ2v) is 7.96. The summed E-state index contributed by atoms with van der Waals surface area (Å²) in [6.07, 6.45) is 2.38. The molecule has 0 aliphatic rings. The summed E-state index contributed by atoms with van der Waals surface area (Å²) in [7, 11) is 1.69. The van der Waals surface area contributed by atoms with Crippen LogP contribution < -0.4 is 4.74 Å². The van der Waals surface area contributed by atoms with E-state index < -0.39 is 5.41 Å². The molecule has 3 nitrogen and oxygen atoms in total. The van der Waals surface area contributed by atoms with Crippen LogP contribution in [0.15, 0.2) is 24.3 Å². The van der Waals surface area contributed by atoms with E-state index >= 15 is 0 Å². The second kappa shape index (κ2) is 8.55. The van der Waals surface area contributed by atoms with Crippen molar-refractivity contribution in [3.05, 3.63) is 29.8 Å². The van der Waals surface area contributed by atoms with Crippen molar-refractivity contribution in [3.8, 4) is 5.75 Å². The lowest BCUT2D eigenvalue weighted by molar-refractivity contribution is -0.165. The fourth-order valence-electron chi connectivity index (χ4n) is 3.50. The quantitative estimate of drug-likeness (QED) is 0.608. The van der Waals surface area contributed by atoms with Crippen LogP contribution in [0.5, 0.6) is 5.75 Å². The average Bonchev–Trinajstić information content (AvgIpc) is 2.50. The van der Waals surface area contributed by atoms with E-state index in [1.165, 1.54) is 0 Å². The molecule has 0 radical (unpaired) electrons. The van der Waals surface area contributed by atoms with Crippen molar-refractivity contribution in [1.29, 1.82) is 0 Å². The maximum Gasteiger partial charge on any atom is 0.312 e. The van der Waals surface area contributed by atoms with Gasteiger partial charge in [0.25, 0.3) is 0 Å². The first-order chi connectivity index (χ1) is 11.2. The van der Waals surface area contributed by atoms with Gasteiger partial charge in [0, 0.05) is 0 Å². The zero-order valence-corrected chi connectivity index (χ0v) is 16.4. The Hall–Kier alpha value is -1.51. The zero-order valence-electron chi connectivity index (χ0n) is 16.4. The minimum absolute atomic E-state index is 0.0684. The first-order valence-corrected chi connectivity index (χ1v) is 8.97.